The summed E-state index contributed by atoms with van der Waals surface area (Å²) in [7, 11) is 0. The molecule has 8 heavy (non-hydrogen) atoms. The molecule has 0 fully saturated rings. The predicted octanol–water partition coefficient (Wildman–Crippen LogP) is 0.813. The Kier molecular flexibility index (Phi) is 186. The number of hydrogen-bond acceptors (Lipinski definition) is 0. The van der Waals surface area contributed by atoms with Crippen LogP contribution in [0.3, 0.4) is 0 Å². The molecule has 0 spiro atoms. The molecule has 8 heteroatoms. The topological polar surface area (TPSA) is 117 Å². The van der Waals surface area contributed by atoms with Gasteiger partial charge < -0.3 is 22.1 Å². The maximum absolute atomic E-state index is 6.75. The Labute approximate surface area is 76.1 Å². The molecule has 0 saturated heterocycles. The molecule has 0 aliphatic carbocycles. The van der Waals surface area contributed by atoms with Gasteiger partial charge in [0.05, 0.1) is 0 Å². The Balaban J connectivity index is -0.0000000160. The first-order valence-corrected chi connectivity index (χ1v) is 0.800. The molecule has 3 radical (unpaired) electrons. The first kappa shape index (κ1) is 24.4. The fourth-order valence-electron chi connectivity index (χ4n) is 0. The van der Waals surface area contributed by atoms with Crippen LogP contribution in [0.1, 0.15) is 0 Å². The van der Waals surface area contributed by atoms with Gasteiger partial charge in [0.25, 0.3) is 0 Å². The van der Waals surface area contributed by atoms with Crippen LogP contribution >= 0.6 is 0 Å². The molecule has 0 aliphatic heterocycles. The molecule has 0 heterocycles. The van der Waals surface area contributed by atoms with Gasteiger partial charge in [-0.1, -0.05) is 0 Å². The van der Waals surface area contributed by atoms with Crippen LogP contribution in [-0.2, 0) is 17.1 Å². The van der Waals surface area contributed by atoms with Crippen LogP contribution in [-0.4, -0.2) is 27.3 Å². The van der Waals surface area contributed by atoms with Gasteiger partial charge in [-0.25, -0.2) is 0 Å². The number of rotatable bonds is 0. The van der Waals surface area contributed by atoms with Crippen LogP contribution in [0.2, 0.25) is 0 Å². The molecule has 0 aromatic heterocycles. The van der Waals surface area contributed by atoms with Gasteiger partial charge in [-0.2, -0.15) is 0 Å². The van der Waals surface area contributed by atoms with Crippen molar-refractivity contribution in [2.75, 3.05) is 0 Å². The van der Waals surface area contributed by atoms with Crippen molar-refractivity contribution in [2.45, 2.75) is 0 Å². The average molecular weight is 357 g/mol. The summed E-state index contributed by atoms with van der Waals surface area (Å²) in [5.41, 5.74) is 27.0. The first-order chi connectivity index (χ1) is 2.83. The van der Waals surface area contributed by atoms with Crippen LogP contribution in [0.25, 0.3) is 31.9 Å². The summed E-state index contributed by atoms with van der Waals surface area (Å²) in [4.78, 5) is 3.00. The van der Waals surface area contributed by atoms with Crippen molar-refractivity contribution in [1.82, 2.24) is 0 Å². The van der Waals surface area contributed by atoms with Crippen molar-refractivity contribution >= 4 is 27.3 Å². The predicted molar refractivity (Wildman–Crippen MR) is 28.7 cm³/mol. The fraction of sp³-hybridized carbons (Fsp3) is 0. The summed E-state index contributed by atoms with van der Waals surface area (Å²) in [6, 6.07) is 0. The van der Waals surface area contributed by atoms with Gasteiger partial charge in [-0.15, -0.1) is 0 Å². The van der Waals surface area contributed by atoms with E-state index < -0.39 is 0 Å². The summed E-state index contributed by atoms with van der Waals surface area (Å²) >= 11 is 0. The van der Waals surface area contributed by atoms with Crippen molar-refractivity contribution in [3.63, 3.8) is 0 Å². The second-order valence-corrected chi connectivity index (χ2v) is 0.179. The molecule has 6 nitrogen and oxygen atoms in total. The van der Waals surface area contributed by atoms with Crippen molar-refractivity contribution < 1.29 is 17.1 Å². The molecule has 0 amide bonds. The van der Waals surface area contributed by atoms with Gasteiger partial charge in [0.15, 0.2) is 0 Å². The third-order valence-corrected chi connectivity index (χ3v) is 0. The van der Waals surface area contributed by atoms with Gasteiger partial charge >= 0.3 is 44.4 Å². The van der Waals surface area contributed by atoms with Crippen LogP contribution in [0.15, 0.2) is 0 Å². The minimum absolute atomic E-state index is 0. The van der Waals surface area contributed by atoms with Gasteiger partial charge in [-0.05, 0) is 0 Å². The molecule has 0 aromatic carbocycles. The van der Waals surface area contributed by atoms with E-state index in [2.05, 4.69) is 0 Å². The zero-order chi connectivity index (χ0) is 5.41. The van der Waals surface area contributed by atoms with E-state index in [1.807, 2.05) is 0 Å². The van der Waals surface area contributed by atoms with Crippen LogP contribution in [0.4, 0.5) is 0 Å². The van der Waals surface area contributed by atoms with E-state index in [0.717, 1.165) is 0 Å². The van der Waals surface area contributed by atoms with Crippen molar-refractivity contribution in [1.29, 1.82) is 0 Å². The molecule has 0 saturated carbocycles. The van der Waals surface area contributed by atoms with Gasteiger partial charge in [0, 0.05) is 0 Å². The summed E-state index contributed by atoms with van der Waals surface area (Å²) < 4.78 is 0. The van der Waals surface area contributed by atoms with Crippen LogP contribution < -0.4 is 0 Å². The summed E-state index contributed by atoms with van der Waals surface area (Å²) in [6.45, 7) is 0. The Morgan fingerprint density at radius 2 is 0.750 bits per heavy atom. The zero-order valence-electron chi connectivity index (χ0n) is 3.69. The number of nitrogens with zero attached hydrogens (tertiary/aromatic N) is 6. The van der Waals surface area contributed by atoms with Crippen LogP contribution in [0, 0.1) is 0 Å². The van der Waals surface area contributed by atoms with E-state index in [0.29, 0.717) is 0 Å². The Morgan fingerprint density at radius 1 is 0.750 bits per heavy atom. The summed E-state index contributed by atoms with van der Waals surface area (Å²) in [5.74, 6) is 0. The molecule has 0 aliphatic rings. The minimum atomic E-state index is 0. The van der Waals surface area contributed by atoms with Gasteiger partial charge in [0.1, 0.15) is 0 Å². The van der Waals surface area contributed by atoms with E-state index >= 15 is 0 Å². The average Bonchev–Trinajstić information content (AvgIpc) is 1.39. The molecule has 0 rings (SSSR count). The third-order valence-electron chi connectivity index (χ3n) is 0. The van der Waals surface area contributed by atoms with Crippen molar-refractivity contribution in [3.05, 3.63) is 31.9 Å². The molecule has 0 unspecified atom stereocenters. The standard InChI is InChI=1S/Cu.2N3.Pb.2H/c;2*1-3-2;;;/q+2;2*-1;;;. The van der Waals surface area contributed by atoms with E-state index in [4.69, 9.17) is 22.1 Å². The Morgan fingerprint density at radius 3 is 0.750 bits per heavy atom. The zero-order valence-corrected chi connectivity index (χ0v) is 10.1. The second kappa shape index (κ2) is 61.0. The summed E-state index contributed by atoms with van der Waals surface area (Å²) in [5, 5.41) is 0. The van der Waals surface area contributed by atoms with E-state index in [1.54, 1.807) is 0 Å². The Hall–Kier alpha value is 0.0616. The molecular weight excluding hydrogens is 355 g/mol. The van der Waals surface area contributed by atoms with E-state index in [-0.39, 0.29) is 44.4 Å². The molecular formula is H2CuN6Pb. The number of hydrogen-bond donors (Lipinski definition) is 0. The molecule has 0 atom stereocenters. The fourth-order valence-corrected chi connectivity index (χ4v) is 0. The quantitative estimate of drug-likeness (QED) is 0.264. The van der Waals surface area contributed by atoms with Crippen molar-refractivity contribution in [2.24, 2.45) is 0 Å². The second-order valence-electron chi connectivity index (χ2n) is 0.179. The SMILES string of the molecule is [Cu+2].[N-]=[N+]=[N-].[N-]=[N+]=[N-].[PbH2]. The van der Waals surface area contributed by atoms with Gasteiger partial charge in [0.2, 0.25) is 0 Å². The first-order valence-electron chi connectivity index (χ1n) is 0.800. The van der Waals surface area contributed by atoms with E-state index in [1.165, 1.54) is 9.82 Å². The van der Waals surface area contributed by atoms with E-state index in [9.17, 15) is 0 Å². The normalized spacial score (nSPS) is 2.00. The van der Waals surface area contributed by atoms with Gasteiger partial charge in [-0.3, -0.25) is 9.82 Å². The molecule has 47 valence electrons. The van der Waals surface area contributed by atoms with Crippen molar-refractivity contribution in [3.8, 4) is 0 Å². The molecule has 0 aromatic rings. The molecule has 0 N–H and O–H groups in total. The maximum atomic E-state index is 6.75. The third kappa shape index (κ3) is 41000. The van der Waals surface area contributed by atoms with Crippen LogP contribution in [0.5, 0.6) is 0 Å². The Bertz CT molecular complexity index is 62.5. The molecule has 0 bridgehead atoms. The monoisotopic (exact) mass is 357 g/mol. The summed E-state index contributed by atoms with van der Waals surface area (Å²) in [6.07, 6.45) is 0.